The van der Waals surface area contributed by atoms with Gasteiger partial charge >= 0.3 is 0 Å². The zero-order valence-corrected chi connectivity index (χ0v) is 12.3. The first kappa shape index (κ1) is 12.8. The molecule has 108 valence electrons. The van der Waals surface area contributed by atoms with E-state index in [-0.39, 0.29) is 0 Å². The van der Waals surface area contributed by atoms with Crippen LogP contribution in [0.4, 0.5) is 0 Å². The topological polar surface area (TPSA) is 46.5 Å². The van der Waals surface area contributed by atoms with Crippen LogP contribution in [0, 0.1) is 6.92 Å². The summed E-state index contributed by atoms with van der Waals surface area (Å²) in [6, 6.07) is 16.6. The number of nitrogens with zero attached hydrogens (tertiary/aromatic N) is 3. The molecule has 4 rings (SSSR count). The second-order valence-electron chi connectivity index (χ2n) is 5.51. The fourth-order valence-electron chi connectivity index (χ4n) is 2.66. The number of aryl methyl sites for hydroxylation is 1. The van der Waals surface area contributed by atoms with E-state index in [1.165, 1.54) is 11.1 Å². The molecule has 4 aromatic rings. The number of imidazole rings is 1. The number of nitrogens with one attached hydrogen (secondary N) is 1. The van der Waals surface area contributed by atoms with Crippen LogP contribution in [-0.2, 0) is 6.54 Å². The Morgan fingerprint density at radius 1 is 1.09 bits per heavy atom. The minimum Gasteiger partial charge on any atom is -0.338 e. The third kappa shape index (κ3) is 2.39. The fourth-order valence-corrected chi connectivity index (χ4v) is 2.66. The van der Waals surface area contributed by atoms with Crippen LogP contribution in [-0.4, -0.2) is 19.7 Å². The smallest absolute Gasteiger partial charge is 0.138 e. The van der Waals surface area contributed by atoms with Gasteiger partial charge in [0.25, 0.3) is 0 Å². The molecule has 0 aliphatic carbocycles. The lowest BCUT2D eigenvalue weighted by atomic mass is 10.1. The molecule has 0 fully saturated rings. The van der Waals surface area contributed by atoms with Gasteiger partial charge in [0.15, 0.2) is 0 Å². The van der Waals surface area contributed by atoms with Gasteiger partial charge in [-0.2, -0.15) is 5.10 Å². The van der Waals surface area contributed by atoms with Gasteiger partial charge in [0, 0.05) is 18.0 Å². The van der Waals surface area contributed by atoms with E-state index in [9.17, 15) is 0 Å². The highest BCUT2D eigenvalue weighted by molar-refractivity contribution is 5.80. The van der Waals surface area contributed by atoms with E-state index in [0.717, 1.165) is 29.0 Å². The maximum Gasteiger partial charge on any atom is 0.138 e. The lowest BCUT2D eigenvalue weighted by Crippen LogP contribution is -1.99. The van der Waals surface area contributed by atoms with Crippen molar-refractivity contribution in [1.29, 1.82) is 0 Å². The van der Waals surface area contributed by atoms with Crippen LogP contribution in [0.3, 0.4) is 0 Å². The predicted molar refractivity (Wildman–Crippen MR) is 87.6 cm³/mol. The van der Waals surface area contributed by atoms with Crippen LogP contribution in [0.15, 0.2) is 60.9 Å². The Labute approximate surface area is 128 Å². The van der Waals surface area contributed by atoms with Crippen molar-refractivity contribution in [3.05, 3.63) is 72.1 Å². The fraction of sp³-hybridized carbons (Fsp3) is 0.111. The predicted octanol–water partition coefficient (Wildman–Crippen LogP) is 3.78. The van der Waals surface area contributed by atoms with Crippen LogP contribution in [0.2, 0.25) is 0 Å². The maximum atomic E-state index is 4.68. The molecule has 0 bridgehead atoms. The highest BCUT2D eigenvalue weighted by atomic mass is 15.3. The molecule has 0 aliphatic rings. The van der Waals surface area contributed by atoms with Crippen molar-refractivity contribution in [2.45, 2.75) is 13.5 Å². The van der Waals surface area contributed by atoms with Gasteiger partial charge < -0.3 is 4.98 Å². The monoisotopic (exact) mass is 288 g/mol. The van der Waals surface area contributed by atoms with Crippen molar-refractivity contribution in [3.8, 4) is 11.4 Å². The molecular weight excluding hydrogens is 272 g/mol. The van der Waals surface area contributed by atoms with Gasteiger partial charge in [0.05, 0.1) is 17.6 Å². The Morgan fingerprint density at radius 2 is 2.05 bits per heavy atom. The molecule has 0 atom stereocenters. The van der Waals surface area contributed by atoms with Crippen molar-refractivity contribution < 1.29 is 0 Å². The second kappa shape index (κ2) is 5.15. The Hall–Kier alpha value is -2.88. The largest absolute Gasteiger partial charge is 0.338 e. The van der Waals surface area contributed by atoms with Crippen molar-refractivity contribution in [2.75, 3.05) is 0 Å². The Bertz CT molecular complexity index is 919. The number of benzene rings is 2. The summed E-state index contributed by atoms with van der Waals surface area (Å²) < 4.78 is 1.92. The summed E-state index contributed by atoms with van der Waals surface area (Å²) in [7, 11) is 0. The Morgan fingerprint density at radius 3 is 2.91 bits per heavy atom. The van der Waals surface area contributed by atoms with Crippen molar-refractivity contribution in [2.24, 2.45) is 0 Å². The number of hydrogen-bond acceptors (Lipinski definition) is 2. The summed E-state index contributed by atoms with van der Waals surface area (Å²) in [6.45, 7) is 2.85. The summed E-state index contributed by atoms with van der Waals surface area (Å²) >= 11 is 0. The molecule has 0 aliphatic heterocycles. The molecule has 0 unspecified atom stereocenters. The summed E-state index contributed by atoms with van der Waals surface area (Å²) in [5.74, 6) is 0.905. The lowest BCUT2D eigenvalue weighted by Gasteiger charge is -2.04. The highest BCUT2D eigenvalue weighted by Gasteiger charge is 2.06. The van der Waals surface area contributed by atoms with Crippen LogP contribution in [0.5, 0.6) is 0 Å². The molecular formula is C18H16N4. The van der Waals surface area contributed by atoms with Gasteiger partial charge in [0.1, 0.15) is 5.82 Å². The van der Waals surface area contributed by atoms with Gasteiger partial charge in [-0.05, 0) is 42.3 Å². The average molecular weight is 288 g/mol. The first-order valence-electron chi connectivity index (χ1n) is 7.31. The van der Waals surface area contributed by atoms with E-state index in [1.54, 1.807) is 6.20 Å². The molecule has 2 aromatic heterocycles. The van der Waals surface area contributed by atoms with E-state index in [0.29, 0.717) is 0 Å². The normalized spacial score (nSPS) is 11.1. The number of hydrogen-bond donors (Lipinski definition) is 1. The van der Waals surface area contributed by atoms with E-state index in [2.05, 4.69) is 64.5 Å². The number of fused-ring (bicyclic) bond motifs is 1. The summed E-state index contributed by atoms with van der Waals surface area (Å²) in [4.78, 5) is 8.09. The van der Waals surface area contributed by atoms with Crippen LogP contribution in [0.25, 0.3) is 22.4 Å². The maximum absolute atomic E-state index is 4.68. The third-order valence-electron chi connectivity index (χ3n) is 3.74. The van der Waals surface area contributed by atoms with Gasteiger partial charge in [-0.25, -0.2) is 4.98 Å². The van der Waals surface area contributed by atoms with Gasteiger partial charge in [0.2, 0.25) is 0 Å². The minimum atomic E-state index is 0.764. The number of aromatic nitrogens is 4. The van der Waals surface area contributed by atoms with Crippen LogP contribution < -0.4 is 0 Å². The molecule has 1 N–H and O–H groups in total. The van der Waals surface area contributed by atoms with Crippen molar-refractivity contribution >= 4 is 11.0 Å². The number of H-pyrrole nitrogens is 1. The standard InChI is InChI=1S/C18H16N4/c1-13-6-7-16-17(10-13)21-18(20-16)15-5-2-4-14(11-15)12-22-9-3-8-19-22/h2-11H,12H2,1H3,(H,20,21). The molecule has 2 heterocycles. The molecule has 22 heavy (non-hydrogen) atoms. The SMILES string of the molecule is Cc1ccc2nc(-c3cccc(Cn4cccn4)c3)[nH]c2c1. The Balaban J connectivity index is 1.71. The molecule has 2 aromatic carbocycles. The van der Waals surface area contributed by atoms with E-state index in [4.69, 9.17) is 0 Å². The first-order valence-corrected chi connectivity index (χ1v) is 7.31. The zero-order chi connectivity index (χ0) is 14.9. The van der Waals surface area contributed by atoms with Crippen molar-refractivity contribution in [1.82, 2.24) is 19.7 Å². The average Bonchev–Trinajstić information content (AvgIpc) is 3.16. The summed E-state index contributed by atoms with van der Waals surface area (Å²) in [6.07, 6.45) is 3.77. The van der Waals surface area contributed by atoms with E-state index >= 15 is 0 Å². The van der Waals surface area contributed by atoms with Crippen LogP contribution >= 0.6 is 0 Å². The molecule has 0 saturated carbocycles. The van der Waals surface area contributed by atoms with E-state index < -0.39 is 0 Å². The molecule has 0 radical (unpaired) electrons. The number of rotatable bonds is 3. The van der Waals surface area contributed by atoms with Crippen LogP contribution in [0.1, 0.15) is 11.1 Å². The molecule has 0 amide bonds. The second-order valence-corrected chi connectivity index (χ2v) is 5.51. The summed E-state index contributed by atoms with van der Waals surface area (Å²) in [5, 5.41) is 4.25. The van der Waals surface area contributed by atoms with Gasteiger partial charge in [-0.15, -0.1) is 0 Å². The minimum absolute atomic E-state index is 0.764. The molecule has 0 saturated heterocycles. The summed E-state index contributed by atoms with van der Waals surface area (Å²) in [5.41, 5.74) is 5.61. The number of aromatic amines is 1. The molecule has 0 spiro atoms. The quantitative estimate of drug-likeness (QED) is 0.623. The first-order chi connectivity index (χ1) is 10.8. The van der Waals surface area contributed by atoms with Gasteiger partial charge in [-0.1, -0.05) is 24.3 Å². The zero-order valence-electron chi connectivity index (χ0n) is 12.3. The lowest BCUT2D eigenvalue weighted by molar-refractivity contribution is 0.687. The molecule has 4 heteroatoms. The Kier molecular flexibility index (Phi) is 3.00. The molecule has 4 nitrogen and oxygen atoms in total. The third-order valence-corrected chi connectivity index (χ3v) is 3.74. The van der Waals surface area contributed by atoms with Gasteiger partial charge in [-0.3, -0.25) is 4.68 Å². The highest BCUT2D eigenvalue weighted by Crippen LogP contribution is 2.22. The van der Waals surface area contributed by atoms with Crippen molar-refractivity contribution in [3.63, 3.8) is 0 Å². The van der Waals surface area contributed by atoms with E-state index in [1.807, 2.05) is 16.9 Å².